The number of benzene rings is 2. The van der Waals surface area contributed by atoms with E-state index in [0.717, 1.165) is 11.3 Å². The van der Waals surface area contributed by atoms with Crippen LogP contribution >= 0.6 is 0 Å². The van der Waals surface area contributed by atoms with Gasteiger partial charge in [0.25, 0.3) is 0 Å². The fraction of sp³-hybridized carbons (Fsp3) is 0.400. The van der Waals surface area contributed by atoms with Gasteiger partial charge >= 0.3 is 0 Å². The van der Waals surface area contributed by atoms with E-state index in [-0.39, 0.29) is 0 Å². The van der Waals surface area contributed by atoms with Crippen LogP contribution in [-0.4, -0.2) is 19.5 Å². The molecule has 6 nitrogen and oxygen atoms in total. The predicted octanol–water partition coefficient (Wildman–Crippen LogP) is 4.75. The summed E-state index contributed by atoms with van der Waals surface area (Å²) in [4.78, 5) is 5.01. The zero-order valence-electron chi connectivity index (χ0n) is 15.7. The van der Waals surface area contributed by atoms with Crippen molar-refractivity contribution in [2.75, 3.05) is 14.2 Å². The van der Waals surface area contributed by atoms with Crippen molar-refractivity contribution in [1.29, 1.82) is 0 Å². The van der Waals surface area contributed by atoms with Crippen LogP contribution in [0.25, 0.3) is 0 Å². The van der Waals surface area contributed by atoms with Gasteiger partial charge in [0.1, 0.15) is 17.0 Å². The van der Waals surface area contributed by atoms with Crippen LogP contribution in [-0.2, 0) is 16.2 Å². The molecule has 0 saturated heterocycles. The standard InChI is InChI=1S/C20H24N2O4/c1-18(2)19(3,14-6-10-16(24-4)11-7-14)21-22-20(18,26-23)15-8-12-17(25-5)13-9-15/h6-13,23H,1-5H3/t19-,20-/m1/s1. The second kappa shape index (κ2) is 6.37. The van der Waals surface area contributed by atoms with Gasteiger partial charge in [0.2, 0.25) is 5.72 Å². The number of hydrogen-bond donors (Lipinski definition) is 1. The SMILES string of the molecule is COc1ccc([C@@]2(C)N=N[C@@](OO)(c3ccc(OC)cc3)C2(C)C)cc1. The zero-order valence-corrected chi connectivity index (χ0v) is 15.7. The molecule has 1 heterocycles. The van der Waals surface area contributed by atoms with Crippen LogP contribution < -0.4 is 9.47 Å². The minimum absolute atomic E-state index is 0.683. The predicted molar refractivity (Wildman–Crippen MR) is 97.4 cm³/mol. The molecular weight excluding hydrogens is 332 g/mol. The van der Waals surface area contributed by atoms with Crippen LogP contribution in [0.2, 0.25) is 0 Å². The lowest BCUT2D eigenvalue weighted by molar-refractivity contribution is -0.356. The Morgan fingerprint density at radius 1 is 0.731 bits per heavy atom. The average Bonchev–Trinajstić information content (AvgIpc) is 2.89. The van der Waals surface area contributed by atoms with Crippen LogP contribution in [0.5, 0.6) is 11.5 Å². The summed E-state index contributed by atoms with van der Waals surface area (Å²) in [5.41, 5.74) is -1.06. The Bertz CT molecular complexity index is 802. The van der Waals surface area contributed by atoms with Gasteiger partial charge in [-0.2, -0.15) is 5.11 Å². The Balaban J connectivity index is 2.08. The Morgan fingerprint density at radius 3 is 1.62 bits per heavy atom. The highest BCUT2D eigenvalue weighted by Crippen LogP contribution is 2.60. The quantitative estimate of drug-likeness (QED) is 0.619. The molecule has 0 unspecified atom stereocenters. The number of methoxy groups -OCH3 is 2. The Kier molecular flexibility index (Phi) is 4.50. The lowest BCUT2D eigenvalue weighted by Gasteiger charge is -2.43. The van der Waals surface area contributed by atoms with E-state index in [0.29, 0.717) is 11.3 Å². The largest absolute Gasteiger partial charge is 0.497 e. The van der Waals surface area contributed by atoms with Gasteiger partial charge in [-0.05, 0) is 36.8 Å². The molecule has 0 saturated carbocycles. The van der Waals surface area contributed by atoms with Gasteiger partial charge in [0.15, 0.2) is 0 Å². The van der Waals surface area contributed by atoms with Gasteiger partial charge in [-0.25, -0.2) is 10.1 Å². The molecule has 0 amide bonds. The van der Waals surface area contributed by atoms with Crippen molar-refractivity contribution < 1.29 is 19.6 Å². The fourth-order valence-electron chi connectivity index (χ4n) is 3.51. The second-order valence-electron chi connectivity index (χ2n) is 7.09. The number of rotatable bonds is 5. The molecule has 1 N–H and O–H groups in total. The third kappa shape index (κ3) is 2.40. The molecule has 26 heavy (non-hydrogen) atoms. The normalized spacial score (nSPS) is 26.7. The molecule has 0 radical (unpaired) electrons. The molecule has 2 atom stereocenters. The topological polar surface area (TPSA) is 72.6 Å². The lowest BCUT2D eigenvalue weighted by atomic mass is 9.63. The molecule has 2 aromatic carbocycles. The Morgan fingerprint density at radius 2 is 1.19 bits per heavy atom. The first-order valence-electron chi connectivity index (χ1n) is 8.40. The average molecular weight is 356 g/mol. The maximum atomic E-state index is 9.89. The van der Waals surface area contributed by atoms with Gasteiger partial charge < -0.3 is 9.47 Å². The third-order valence-electron chi connectivity index (χ3n) is 5.72. The molecule has 3 rings (SSSR count). The highest BCUT2D eigenvalue weighted by atomic mass is 17.1. The van der Waals surface area contributed by atoms with Gasteiger partial charge in [-0.1, -0.05) is 38.1 Å². The third-order valence-corrected chi connectivity index (χ3v) is 5.72. The van der Waals surface area contributed by atoms with Crippen molar-refractivity contribution in [2.24, 2.45) is 15.6 Å². The molecule has 138 valence electrons. The molecule has 0 bridgehead atoms. The van der Waals surface area contributed by atoms with Gasteiger partial charge in [-0.3, -0.25) is 0 Å². The molecular formula is C20H24N2O4. The molecule has 0 aliphatic carbocycles. The van der Waals surface area contributed by atoms with E-state index < -0.39 is 16.7 Å². The van der Waals surface area contributed by atoms with Crippen molar-refractivity contribution in [1.82, 2.24) is 0 Å². The highest BCUT2D eigenvalue weighted by molar-refractivity contribution is 5.39. The van der Waals surface area contributed by atoms with Crippen molar-refractivity contribution in [2.45, 2.75) is 32.0 Å². The molecule has 1 aliphatic rings. The summed E-state index contributed by atoms with van der Waals surface area (Å²) in [5.74, 6) is 1.48. The first kappa shape index (κ1) is 18.4. The maximum absolute atomic E-state index is 9.89. The Hall–Kier alpha value is -2.44. The van der Waals surface area contributed by atoms with Gasteiger partial charge in [0, 0.05) is 5.56 Å². The molecule has 6 heteroatoms. The maximum Gasteiger partial charge on any atom is 0.244 e. The van der Waals surface area contributed by atoms with Crippen molar-refractivity contribution in [3.63, 3.8) is 0 Å². The minimum atomic E-state index is -1.33. The molecule has 1 aliphatic heterocycles. The summed E-state index contributed by atoms with van der Waals surface area (Å²) in [5, 5.41) is 18.9. The summed E-state index contributed by atoms with van der Waals surface area (Å²) in [7, 11) is 3.23. The number of hydrogen-bond acceptors (Lipinski definition) is 6. The van der Waals surface area contributed by atoms with E-state index >= 15 is 0 Å². The van der Waals surface area contributed by atoms with Crippen molar-refractivity contribution >= 4 is 0 Å². The smallest absolute Gasteiger partial charge is 0.244 e. The van der Waals surface area contributed by atoms with E-state index in [9.17, 15) is 5.26 Å². The number of nitrogens with zero attached hydrogens (tertiary/aromatic N) is 2. The van der Waals surface area contributed by atoms with Crippen LogP contribution in [0.4, 0.5) is 0 Å². The van der Waals surface area contributed by atoms with Crippen LogP contribution in [0.15, 0.2) is 58.8 Å². The van der Waals surface area contributed by atoms with E-state index in [2.05, 4.69) is 10.2 Å². The summed E-state index contributed by atoms with van der Waals surface area (Å²) < 4.78 is 10.5. The molecule has 0 fully saturated rings. The van der Waals surface area contributed by atoms with E-state index in [1.807, 2.05) is 69.3 Å². The van der Waals surface area contributed by atoms with Crippen LogP contribution in [0.1, 0.15) is 31.9 Å². The van der Waals surface area contributed by atoms with Crippen LogP contribution in [0, 0.1) is 5.41 Å². The number of ether oxygens (including phenoxy) is 2. The summed E-state index contributed by atoms with van der Waals surface area (Å²) in [6, 6.07) is 15.0. The molecule has 0 spiro atoms. The first-order valence-corrected chi connectivity index (χ1v) is 8.40. The van der Waals surface area contributed by atoms with Crippen LogP contribution in [0.3, 0.4) is 0 Å². The van der Waals surface area contributed by atoms with Gasteiger partial charge in [-0.15, -0.1) is 5.11 Å². The zero-order chi connectivity index (χ0) is 19.0. The monoisotopic (exact) mass is 356 g/mol. The summed E-state index contributed by atoms with van der Waals surface area (Å²) in [6.07, 6.45) is 0. The summed E-state index contributed by atoms with van der Waals surface area (Å²) in [6.45, 7) is 5.96. The molecule has 0 aromatic heterocycles. The summed E-state index contributed by atoms with van der Waals surface area (Å²) >= 11 is 0. The lowest BCUT2D eigenvalue weighted by Crippen LogP contribution is -2.49. The van der Waals surface area contributed by atoms with Gasteiger partial charge in [0.05, 0.1) is 19.6 Å². The molecule has 2 aromatic rings. The number of azo groups is 1. The minimum Gasteiger partial charge on any atom is -0.497 e. The van der Waals surface area contributed by atoms with E-state index in [1.54, 1.807) is 14.2 Å². The fourth-order valence-corrected chi connectivity index (χ4v) is 3.51. The van der Waals surface area contributed by atoms with Crippen molar-refractivity contribution in [3.05, 3.63) is 59.7 Å². The van der Waals surface area contributed by atoms with E-state index in [4.69, 9.17) is 14.4 Å². The van der Waals surface area contributed by atoms with E-state index in [1.165, 1.54) is 0 Å². The first-order chi connectivity index (χ1) is 12.3. The highest BCUT2D eigenvalue weighted by Gasteiger charge is 2.64. The van der Waals surface area contributed by atoms with Crippen molar-refractivity contribution in [3.8, 4) is 11.5 Å². The Labute approximate surface area is 153 Å². The second-order valence-corrected chi connectivity index (χ2v) is 7.09.